The van der Waals surface area contributed by atoms with Gasteiger partial charge in [-0.1, -0.05) is 36.0 Å². The molecule has 1 fully saturated rings. The van der Waals surface area contributed by atoms with Crippen molar-refractivity contribution in [3.8, 4) is 0 Å². The van der Waals surface area contributed by atoms with Gasteiger partial charge in [0.05, 0.1) is 0 Å². The summed E-state index contributed by atoms with van der Waals surface area (Å²) in [6, 6.07) is 0. The molecule has 0 amide bonds. The zero-order valence-corrected chi connectivity index (χ0v) is 9.78. The van der Waals surface area contributed by atoms with E-state index in [9.17, 15) is 0 Å². The van der Waals surface area contributed by atoms with Crippen LogP contribution in [0, 0.1) is 11.8 Å². The van der Waals surface area contributed by atoms with Crippen LogP contribution in [0.3, 0.4) is 0 Å². The van der Waals surface area contributed by atoms with Gasteiger partial charge in [0.25, 0.3) is 0 Å². The summed E-state index contributed by atoms with van der Waals surface area (Å²) in [5.41, 5.74) is 1.67. The van der Waals surface area contributed by atoms with Gasteiger partial charge in [0.2, 0.25) is 0 Å². The molecule has 0 heterocycles. The lowest BCUT2D eigenvalue weighted by Crippen LogP contribution is -1.90. The maximum Gasteiger partial charge on any atom is -0.00174 e. The minimum Gasteiger partial charge on any atom is -0.103 e. The summed E-state index contributed by atoms with van der Waals surface area (Å²) < 4.78 is 0. The minimum atomic E-state index is 0.833. The Morgan fingerprint density at radius 1 is 1.27 bits per heavy atom. The van der Waals surface area contributed by atoms with Crippen molar-refractivity contribution < 1.29 is 0 Å². The molecule has 0 nitrogen and oxygen atoms in total. The van der Waals surface area contributed by atoms with Crippen LogP contribution in [-0.4, -0.2) is 0 Å². The largest absolute Gasteiger partial charge is 0.103 e. The maximum atomic E-state index is 3.55. The van der Waals surface area contributed by atoms with Gasteiger partial charge < -0.3 is 0 Å². The molecule has 0 heteroatoms. The highest BCUT2D eigenvalue weighted by Gasteiger charge is 2.29. The lowest BCUT2D eigenvalue weighted by Gasteiger charge is -2.05. The Morgan fingerprint density at radius 3 is 2.20 bits per heavy atom. The summed E-state index contributed by atoms with van der Waals surface area (Å²) in [4.78, 5) is 0. The van der Waals surface area contributed by atoms with E-state index in [-0.39, 0.29) is 0 Å². The Bertz CT molecular complexity index is 260. The molecule has 2 rings (SSSR count). The molecule has 2 aliphatic carbocycles. The summed E-state index contributed by atoms with van der Waals surface area (Å²) >= 11 is 0. The molecule has 0 N–H and O–H groups in total. The average Bonchev–Trinajstić information content (AvgIpc) is 2.88. The number of unbranched alkanes of at least 4 members (excludes halogenated alkanes) is 1. The molecule has 82 valence electrons. The number of hydrogen-bond acceptors (Lipinski definition) is 0. The van der Waals surface area contributed by atoms with Crippen LogP contribution < -0.4 is 0 Å². The predicted octanol–water partition coefficient (Wildman–Crippen LogP) is 4.67. The van der Waals surface area contributed by atoms with Gasteiger partial charge >= 0.3 is 0 Å². The summed E-state index contributed by atoms with van der Waals surface area (Å²) in [6.45, 7) is 9.26. The molecule has 2 aliphatic rings. The van der Waals surface area contributed by atoms with Gasteiger partial charge in [-0.2, -0.15) is 0 Å². The van der Waals surface area contributed by atoms with Gasteiger partial charge in [-0.25, -0.2) is 0 Å². The zero-order chi connectivity index (χ0) is 11.1. The van der Waals surface area contributed by atoms with E-state index in [1.165, 1.54) is 12.8 Å². The highest BCUT2D eigenvalue weighted by molar-refractivity contribution is 5.26. The highest BCUT2D eigenvalue weighted by Crippen LogP contribution is 2.42. The Labute approximate surface area is 94.1 Å². The third-order valence-corrected chi connectivity index (χ3v) is 3.09. The molecule has 2 unspecified atom stereocenters. The first-order chi connectivity index (χ1) is 7.31. The van der Waals surface area contributed by atoms with Crippen molar-refractivity contribution in [2.45, 2.75) is 32.6 Å². The zero-order valence-electron chi connectivity index (χ0n) is 9.78. The average molecular weight is 202 g/mol. The van der Waals surface area contributed by atoms with Gasteiger partial charge in [0.15, 0.2) is 0 Å². The monoisotopic (exact) mass is 202 g/mol. The Hall–Kier alpha value is -1.04. The van der Waals surface area contributed by atoms with Crippen molar-refractivity contribution >= 4 is 0 Å². The van der Waals surface area contributed by atoms with E-state index >= 15 is 0 Å². The molecule has 0 aromatic carbocycles. The van der Waals surface area contributed by atoms with Crippen molar-refractivity contribution in [2.24, 2.45) is 11.8 Å². The summed E-state index contributed by atoms with van der Waals surface area (Å²) in [6.07, 6.45) is 15.7. The topological polar surface area (TPSA) is 0 Å². The van der Waals surface area contributed by atoms with E-state index in [0.717, 1.165) is 24.7 Å². The lowest BCUT2D eigenvalue weighted by molar-refractivity contribution is 0.693. The fraction of sp³-hybridized carbons (Fsp3) is 0.467. The van der Waals surface area contributed by atoms with Crippen molar-refractivity contribution in [3.63, 3.8) is 0 Å². The Kier molecular flexibility index (Phi) is 5.17. The fourth-order valence-electron chi connectivity index (χ4n) is 2.22. The Morgan fingerprint density at radius 2 is 1.93 bits per heavy atom. The molecule has 1 saturated carbocycles. The van der Waals surface area contributed by atoms with Crippen LogP contribution in [0.15, 0.2) is 49.1 Å². The van der Waals surface area contributed by atoms with E-state index in [4.69, 9.17) is 0 Å². The van der Waals surface area contributed by atoms with E-state index in [0.29, 0.717) is 0 Å². The second-order valence-electron chi connectivity index (χ2n) is 4.21. The van der Waals surface area contributed by atoms with Gasteiger partial charge in [-0.05, 0) is 44.4 Å². The number of hydrogen-bond donors (Lipinski definition) is 0. The molecule has 0 saturated heterocycles. The number of fused-ring (bicyclic) bond motifs is 2. The summed E-state index contributed by atoms with van der Waals surface area (Å²) in [5, 5.41) is 0. The van der Waals surface area contributed by atoms with E-state index < -0.39 is 0 Å². The molecule has 0 spiro atoms. The highest BCUT2D eigenvalue weighted by atomic mass is 14.3. The first kappa shape index (κ1) is 12.0. The van der Waals surface area contributed by atoms with Crippen LogP contribution in [-0.2, 0) is 0 Å². The standard InChI is InChI=1S/C9H12.C6H10/c1-2-8-5-7-3-4-9(8)6-7;1-3-5-6-4-2/h2-4,7,9H,5-6H2,1H3;3-4H,1-2,5-6H2/b8-2-;. The van der Waals surface area contributed by atoms with E-state index in [1.54, 1.807) is 5.57 Å². The summed E-state index contributed by atoms with van der Waals surface area (Å²) in [5.74, 6) is 1.74. The molecule has 2 atom stereocenters. The quantitative estimate of drug-likeness (QED) is 0.461. The van der Waals surface area contributed by atoms with E-state index in [2.05, 4.69) is 38.3 Å². The fourth-order valence-corrected chi connectivity index (χ4v) is 2.22. The predicted molar refractivity (Wildman–Crippen MR) is 68.7 cm³/mol. The molecule has 0 radical (unpaired) electrons. The number of allylic oxidation sites excluding steroid dienone is 6. The molecule has 0 aromatic rings. The first-order valence-electron chi connectivity index (χ1n) is 5.87. The van der Waals surface area contributed by atoms with Crippen LogP contribution >= 0.6 is 0 Å². The van der Waals surface area contributed by atoms with Crippen molar-refractivity contribution in [2.75, 3.05) is 0 Å². The smallest absolute Gasteiger partial charge is 0.00174 e. The van der Waals surface area contributed by atoms with Gasteiger partial charge in [0, 0.05) is 0 Å². The van der Waals surface area contributed by atoms with Gasteiger partial charge in [-0.15, -0.1) is 13.2 Å². The lowest BCUT2D eigenvalue weighted by atomic mass is 10.0. The van der Waals surface area contributed by atoms with Crippen molar-refractivity contribution in [1.29, 1.82) is 0 Å². The van der Waals surface area contributed by atoms with Gasteiger partial charge in [0.1, 0.15) is 0 Å². The van der Waals surface area contributed by atoms with Crippen molar-refractivity contribution in [1.82, 2.24) is 0 Å². The Balaban J connectivity index is 0.000000167. The van der Waals surface area contributed by atoms with E-state index in [1.807, 2.05) is 12.2 Å². The van der Waals surface area contributed by atoms with Crippen LogP contribution in [0.25, 0.3) is 0 Å². The third kappa shape index (κ3) is 3.54. The minimum absolute atomic E-state index is 0.833. The molecule has 2 bridgehead atoms. The van der Waals surface area contributed by atoms with Crippen molar-refractivity contribution in [3.05, 3.63) is 49.1 Å². The second-order valence-corrected chi connectivity index (χ2v) is 4.21. The second kappa shape index (κ2) is 6.44. The van der Waals surface area contributed by atoms with Crippen LogP contribution in [0.4, 0.5) is 0 Å². The third-order valence-electron chi connectivity index (χ3n) is 3.09. The molecule has 0 aromatic heterocycles. The first-order valence-corrected chi connectivity index (χ1v) is 5.87. The SMILES string of the molecule is C/C=C1/CC2C=CC1C2.C=CCCC=C. The molecular weight excluding hydrogens is 180 g/mol. The van der Waals surface area contributed by atoms with Crippen LogP contribution in [0.5, 0.6) is 0 Å². The normalized spacial score (nSPS) is 28.7. The number of rotatable bonds is 3. The molecule has 15 heavy (non-hydrogen) atoms. The van der Waals surface area contributed by atoms with Crippen LogP contribution in [0.2, 0.25) is 0 Å². The maximum absolute atomic E-state index is 3.55. The van der Waals surface area contributed by atoms with Crippen LogP contribution in [0.1, 0.15) is 32.6 Å². The summed E-state index contributed by atoms with van der Waals surface area (Å²) in [7, 11) is 0. The molecule has 0 aliphatic heterocycles. The molecular formula is C15H22. The van der Waals surface area contributed by atoms with Gasteiger partial charge in [-0.3, -0.25) is 0 Å².